The third-order valence-electron chi connectivity index (χ3n) is 2.99. The second-order valence-corrected chi connectivity index (χ2v) is 8.05. The summed E-state index contributed by atoms with van der Waals surface area (Å²) in [6, 6.07) is 1.62. The van der Waals surface area contributed by atoms with E-state index in [0.717, 1.165) is 29.1 Å². The number of ether oxygens (including phenoxy) is 1. The molecule has 112 valence electrons. The maximum atomic E-state index is 11.4. The number of thiophene rings is 1. The molecule has 0 aliphatic carbocycles. The normalized spacial score (nSPS) is 24.7. The van der Waals surface area contributed by atoms with Gasteiger partial charge in [0, 0.05) is 4.88 Å². The van der Waals surface area contributed by atoms with E-state index in [-0.39, 0.29) is 22.1 Å². The molecule has 2 atom stereocenters. The van der Waals surface area contributed by atoms with Gasteiger partial charge in [0.05, 0.1) is 11.5 Å². The predicted octanol–water partition coefficient (Wildman–Crippen LogP) is 0.935. The lowest BCUT2D eigenvalue weighted by Crippen LogP contribution is -2.30. The molecule has 6 nitrogen and oxygen atoms in total. The van der Waals surface area contributed by atoms with Crippen LogP contribution in [0.2, 0.25) is 0 Å². The van der Waals surface area contributed by atoms with Crippen LogP contribution in [0.5, 0.6) is 5.75 Å². The first-order chi connectivity index (χ1) is 9.32. The number of carbonyl (C=O) groups is 1. The molecule has 0 radical (unpaired) electrons. The van der Waals surface area contributed by atoms with Gasteiger partial charge in [-0.25, -0.2) is 13.2 Å². The van der Waals surface area contributed by atoms with Gasteiger partial charge in [-0.15, -0.1) is 11.3 Å². The van der Waals surface area contributed by atoms with Crippen LogP contribution < -0.4 is 4.74 Å². The smallest absolute Gasteiger partial charge is 0.349 e. The summed E-state index contributed by atoms with van der Waals surface area (Å²) in [6.45, 7) is 1.98. The molecule has 8 heteroatoms. The lowest BCUT2D eigenvalue weighted by molar-refractivity contribution is 0.0644. The largest absolute Gasteiger partial charge is 0.485 e. The monoisotopic (exact) mass is 320 g/mol. The van der Waals surface area contributed by atoms with Crippen LogP contribution >= 0.6 is 11.3 Å². The molecular weight excluding hydrogens is 304 g/mol. The van der Waals surface area contributed by atoms with Gasteiger partial charge in [-0.2, -0.15) is 0 Å². The van der Waals surface area contributed by atoms with Gasteiger partial charge in [-0.1, -0.05) is 13.3 Å². The van der Waals surface area contributed by atoms with Gasteiger partial charge in [-0.05, 0) is 12.5 Å². The van der Waals surface area contributed by atoms with Crippen molar-refractivity contribution >= 4 is 27.1 Å². The molecule has 1 aliphatic rings. The maximum Gasteiger partial charge on any atom is 0.349 e. The Labute approximate surface area is 120 Å². The second-order valence-electron chi connectivity index (χ2n) is 4.76. The highest BCUT2D eigenvalue weighted by atomic mass is 32.2. The van der Waals surface area contributed by atoms with Crippen molar-refractivity contribution in [2.75, 3.05) is 11.5 Å². The first-order valence-corrected chi connectivity index (χ1v) is 8.87. The summed E-state index contributed by atoms with van der Waals surface area (Å²) in [5, 5.41) is 18.8. The van der Waals surface area contributed by atoms with Gasteiger partial charge in [0.15, 0.2) is 14.7 Å². The molecule has 2 N–H and O–H groups in total. The zero-order valence-electron chi connectivity index (χ0n) is 10.9. The Hall–Kier alpha value is -1.12. The molecule has 20 heavy (non-hydrogen) atoms. The highest BCUT2D eigenvalue weighted by molar-refractivity contribution is 7.91. The van der Waals surface area contributed by atoms with E-state index in [0.29, 0.717) is 0 Å². The van der Waals surface area contributed by atoms with E-state index in [4.69, 9.17) is 9.84 Å². The minimum atomic E-state index is -3.32. The van der Waals surface area contributed by atoms with E-state index < -0.39 is 28.0 Å². The molecule has 0 saturated carbocycles. The van der Waals surface area contributed by atoms with Crippen LogP contribution in [0.4, 0.5) is 0 Å². The van der Waals surface area contributed by atoms with Crippen LogP contribution in [-0.2, 0) is 16.3 Å². The fourth-order valence-electron chi connectivity index (χ4n) is 2.10. The van der Waals surface area contributed by atoms with Gasteiger partial charge >= 0.3 is 5.97 Å². The van der Waals surface area contributed by atoms with Crippen LogP contribution in [0.3, 0.4) is 0 Å². The van der Waals surface area contributed by atoms with Gasteiger partial charge in [0.1, 0.15) is 18.0 Å². The SMILES string of the molecule is CCCc1cc(OC2CS(=O)(=O)CC2O)c(C(=O)O)s1. The van der Waals surface area contributed by atoms with Crippen molar-refractivity contribution in [3.8, 4) is 5.75 Å². The van der Waals surface area contributed by atoms with Crippen LogP contribution in [0, 0.1) is 0 Å². The Morgan fingerprint density at radius 2 is 2.20 bits per heavy atom. The zero-order chi connectivity index (χ0) is 14.9. The molecule has 2 unspecified atom stereocenters. The van der Waals surface area contributed by atoms with Crippen molar-refractivity contribution < 1.29 is 28.2 Å². The number of aryl methyl sites for hydroxylation is 1. The number of sulfone groups is 1. The number of carboxylic acid groups (broad SMARTS) is 1. The topological polar surface area (TPSA) is 101 Å². The molecule has 0 amide bonds. The first kappa shape index (κ1) is 15.3. The standard InChI is InChI=1S/C12H16O6S2/c1-2-3-7-4-9(11(19-7)12(14)15)18-10-6-20(16,17)5-8(10)13/h4,8,10,13H,2-3,5-6H2,1H3,(H,14,15). The van der Waals surface area contributed by atoms with E-state index in [1.807, 2.05) is 6.92 Å². The summed E-state index contributed by atoms with van der Waals surface area (Å²) in [4.78, 5) is 12.1. The third kappa shape index (κ3) is 3.31. The quantitative estimate of drug-likeness (QED) is 0.837. The number of hydrogen-bond acceptors (Lipinski definition) is 6. The average Bonchev–Trinajstić information content (AvgIpc) is 2.81. The van der Waals surface area contributed by atoms with Crippen LogP contribution in [0.15, 0.2) is 6.07 Å². The Kier molecular flexibility index (Phi) is 4.36. The van der Waals surface area contributed by atoms with Crippen molar-refractivity contribution in [2.24, 2.45) is 0 Å². The molecule has 0 aromatic carbocycles. The van der Waals surface area contributed by atoms with Crippen molar-refractivity contribution in [3.63, 3.8) is 0 Å². The fraction of sp³-hybridized carbons (Fsp3) is 0.583. The van der Waals surface area contributed by atoms with E-state index in [1.165, 1.54) is 0 Å². The third-order valence-corrected chi connectivity index (χ3v) is 5.84. The number of rotatable bonds is 5. The lowest BCUT2D eigenvalue weighted by atomic mass is 10.2. The van der Waals surface area contributed by atoms with E-state index >= 15 is 0 Å². The number of aliphatic hydroxyl groups is 1. The fourth-order valence-corrected chi connectivity index (χ4v) is 4.79. The number of aliphatic hydroxyl groups excluding tert-OH is 1. The molecule has 0 bridgehead atoms. The molecule has 1 aromatic rings. The molecule has 1 saturated heterocycles. The van der Waals surface area contributed by atoms with E-state index in [9.17, 15) is 18.3 Å². The Balaban J connectivity index is 2.22. The Bertz CT molecular complexity index is 603. The van der Waals surface area contributed by atoms with Crippen LogP contribution in [0.25, 0.3) is 0 Å². The Morgan fingerprint density at radius 1 is 1.50 bits per heavy atom. The zero-order valence-corrected chi connectivity index (χ0v) is 12.5. The van der Waals surface area contributed by atoms with Crippen LogP contribution in [0.1, 0.15) is 27.9 Å². The van der Waals surface area contributed by atoms with Crippen molar-refractivity contribution in [1.29, 1.82) is 0 Å². The number of carboxylic acids is 1. The van der Waals surface area contributed by atoms with E-state index in [2.05, 4.69) is 0 Å². The summed E-state index contributed by atoms with van der Waals surface area (Å²) >= 11 is 1.12. The summed E-state index contributed by atoms with van der Waals surface area (Å²) in [5.74, 6) is -1.59. The second kappa shape index (κ2) is 5.71. The molecule has 1 fully saturated rings. The minimum Gasteiger partial charge on any atom is -0.485 e. The van der Waals surface area contributed by atoms with Crippen LogP contribution in [-0.4, -0.2) is 48.3 Å². The molecule has 2 rings (SSSR count). The minimum absolute atomic E-state index is 0.0462. The number of hydrogen-bond donors (Lipinski definition) is 2. The van der Waals surface area contributed by atoms with Gasteiger partial charge < -0.3 is 14.9 Å². The highest BCUT2D eigenvalue weighted by Crippen LogP contribution is 2.32. The van der Waals surface area contributed by atoms with Crippen molar-refractivity contribution in [1.82, 2.24) is 0 Å². The average molecular weight is 320 g/mol. The maximum absolute atomic E-state index is 11.4. The number of aromatic carboxylic acids is 1. The van der Waals surface area contributed by atoms with Gasteiger partial charge in [0.2, 0.25) is 0 Å². The van der Waals surface area contributed by atoms with Gasteiger partial charge in [-0.3, -0.25) is 0 Å². The highest BCUT2D eigenvalue weighted by Gasteiger charge is 2.39. The molecule has 1 aliphatic heterocycles. The molecule has 2 heterocycles. The lowest BCUT2D eigenvalue weighted by Gasteiger charge is -2.14. The predicted molar refractivity (Wildman–Crippen MR) is 74.3 cm³/mol. The summed E-state index contributed by atoms with van der Waals surface area (Å²) < 4.78 is 28.3. The van der Waals surface area contributed by atoms with Crippen molar-refractivity contribution in [2.45, 2.75) is 32.0 Å². The first-order valence-electron chi connectivity index (χ1n) is 6.23. The summed E-state index contributed by atoms with van der Waals surface area (Å²) in [5.41, 5.74) is 0. The summed E-state index contributed by atoms with van der Waals surface area (Å²) in [7, 11) is -3.32. The summed E-state index contributed by atoms with van der Waals surface area (Å²) in [6.07, 6.45) is -0.405. The Morgan fingerprint density at radius 3 is 2.70 bits per heavy atom. The molecule has 0 spiro atoms. The molecule has 1 aromatic heterocycles. The van der Waals surface area contributed by atoms with E-state index in [1.54, 1.807) is 6.07 Å². The van der Waals surface area contributed by atoms with Crippen molar-refractivity contribution in [3.05, 3.63) is 15.8 Å². The van der Waals surface area contributed by atoms with Gasteiger partial charge in [0.25, 0.3) is 0 Å². The molecular formula is C12H16O6S2.